The molecule has 35 heavy (non-hydrogen) atoms. The molecule has 0 spiro atoms. The second kappa shape index (κ2) is 10.3. The Morgan fingerprint density at radius 3 is 2.23 bits per heavy atom. The first kappa shape index (κ1) is 23.1. The topological polar surface area (TPSA) is 71.4 Å². The van der Waals surface area contributed by atoms with Crippen LogP contribution in [0.5, 0.6) is 0 Å². The lowest BCUT2D eigenvalue weighted by Gasteiger charge is -2.21. The van der Waals surface area contributed by atoms with E-state index in [-0.39, 0.29) is 23.1 Å². The van der Waals surface area contributed by atoms with Gasteiger partial charge < -0.3 is 14.8 Å². The minimum Gasteiger partial charge on any atom is -0.349 e. The first-order valence-electron chi connectivity index (χ1n) is 12.5. The van der Waals surface area contributed by atoms with Gasteiger partial charge in [0.25, 0.3) is 11.8 Å². The molecule has 6 nitrogen and oxygen atoms in total. The van der Waals surface area contributed by atoms with Crippen LogP contribution >= 0.6 is 0 Å². The number of likely N-dealkylation sites (tertiary alicyclic amines) is 1. The van der Waals surface area contributed by atoms with Crippen LogP contribution in [0.1, 0.15) is 75.9 Å². The SMILES string of the molecule is O=C(NCc1ccccc1)c1cn(C2CC2)cc(C(=O)N2CCCC(c3ccccc3)CC2)c1=O. The number of pyridine rings is 1. The van der Waals surface area contributed by atoms with Gasteiger partial charge in [0.15, 0.2) is 0 Å². The van der Waals surface area contributed by atoms with Crippen molar-refractivity contribution < 1.29 is 9.59 Å². The summed E-state index contributed by atoms with van der Waals surface area (Å²) in [6.07, 6.45) is 8.03. The Balaban J connectivity index is 1.36. The van der Waals surface area contributed by atoms with Gasteiger partial charge in [-0.05, 0) is 49.1 Å². The molecule has 2 aliphatic rings. The summed E-state index contributed by atoms with van der Waals surface area (Å²) in [4.78, 5) is 41.7. The number of benzene rings is 2. The van der Waals surface area contributed by atoms with E-state index in [1.54, 1.807) is 17.3 Å². The number of amides is 2. The zero-order chi connectivity index (χ0) is 24.2. The molecule has 1 aliphatic carbocycles. The molecule has 1 unspecified atom stereocenters. The van der Waals surface area contributed by atoms with Crippen molar-refractivity contribution >= 4 is 11.8 Å². The summed E-state index contributed by atoms with van der Waals surface area (Å²) in [5, 5.41) is 2.85. The van der Waals surface area contributed by atoms with Crippen molar-refractivity contribution in [3.05, 3.63) is 106 Å². The van der Waals surface area contributed by atoms with Crippen LogP contribution in [0.2, 0.25) is 0 Å². The lowest BCUT2D eigenvalue weighted by molar-refractivity contribution is 0.0759. The van der Waals surface area contributed by atoms with Crippen LogP contribution in [-0.4, -0.2) is 34.4 Å². The number of carbonyl (C=O) groups excluding carboxylic acids is 2. The third-order valence-electron chi connectivity index (χ3n) is 7.07. The van der Waals surface area contributed by atoms with Crippen LogP contribution < -0.4 is 10.7 Å². The van der Waals surface area contributed by atoms with Gasteiger partial charge in [0.1, 0.15) is 11.1 Å². The molecule has 6 heteroatoms. The van der Waals surface area contributed by atoms with Crippen molar-refractivity contribution in [2.24, 2.45) is 0 Å². The van der Waals surface area contributed by atoms with Crippen molar-refractivity contribution in [2.75, 3.05) is 13.1 Å². The van der Waals surface area contributed by atoms with Gasteiger partial charge in [0.05, 0.1) is 0 Å². The second-order valence-electron chi connectivity index (χ2n) is 9.59. The van der Waals surface area contributed by atoms with Crippen molar-refractivity contribution in [3.8, 4) is 0 Å². The molecule has 1 saturated heterocycles. The van der Waals surface area contributed by atoms with Gasteiger partial charge >= 0.3 is 0 Å². The normalized spacial score (nSPS) is 18.1. The Hall–Kier alpha value is -3.67. The van der Waals surface area contributed by atoms with E-state index in [0.717, 1.165) is 37.7 Å². The molecule has 2 heterocycles. The summed E-state index contributed by atoms with van der Waals surface area (Å²) >= 11 is 0. The number of rotatable bonds is 6. The summed E-state index contributed by atoms with van der Waals surface area (Å²) in [5.41, 5.74) is 1.91. The van der Waals surface area contributed by atoms with Crippen molar-refractivity contribution in [3.63, 3.8) is 0 Å². The molecule has 1 saturated carbocycles. The molecule has 3 aromatic rings. The van der Waals surface area contributed by atoms with Gasteiger partial charge in [0, 0.05) is 38.1 Å². The summed E-state index contributed by atoms with van der Waals surface area (Å²) < 4.78 is 1.89. The van der Waals surface area contributed by atoms with Gasteiger partial charge in [-0.1, -0.05) is 60.7 Å². The van der Waals surface area contributed by atoms with Crippen molar-refractivity contribution in [2.45, 2.75) is 50.6 Å². The molecule has 1 aromatic heterocycles. The van der Waals surface area contributed by atoms with Crippen LogP contribution in [0, 0.1) is 0 Å². The lowest BCUT2D eigenvalue weighted by Crippen LogP contribution is -2.38. The average Bonchev–Trinajstić information content (AvgIpc) is 3.76. The fourth-order valence-electron chi connectivity index (χ4n) is 4.90. The Bertz CT molecular complexity index is 1250. The maximum absolute atomic E-state index is 13.5. The number of hydrogen-bond donors (Lipinski definition) is 1. The highest BCUT2D eigenvalue weighted by atomic mass is 16.2. The molecule has 1 N–H and O–H groups in total. The largest absolute Gasteiger partial charge is 0.349 e. The Labute approximate surface area is 205 Å². The smallest absolute Gasteiger partial charge is 0.259 e. The fraction of sp³-hybridized carbons (Fsp3) is 0.345. The standard InChI is InChI=1S/C29H31N3O3/c33-27-25(28(34)30-18-21-8-3-1-4-9-21)19-32(24-13-14-24)20-26(27)29(35)31-16-7-12-23(15-17-31)22-10-5-2-6-11-22/h1-6,8-11,19-20,23-24H,7,12-18H2,(H,30,34). The number of nitrogens with one attached hydrogen (secondary N) is 1. The molecular formula is C29H31N3O3. The molecule has 1 aliphatic heterocycles. The van der Waals surface area contributed by atoms with E-state index in [1.165, 1.54) is 5.56 Å². The summed E-state index contributed by atoms with van der Waals surface area (Å²) in [5.74, 6) is -0.300. The summed E-state index contributed by atoms with van der Waals surface area (Å²) in [6.45, 7) is 1.55. The molecule has 1 atom stereocenters. The molecule has 0 radical (unpaired) electrons. The number of hydrogen-bond acceptors (Lipinski definition) is 3. The molecule has 2 amide bonds. The van der Waals surface area contributed by atoms with Gasteiger partial charge in [-0.2, -0.15) is 0 Å². The third-order valence-corrected chi connectivity index (χ3v) is 7.07. The molecule has 2 aromatic carbocycles. The van der Waals surface area contributed by atoms with E-state index in [4.69, 9.17) is 0 Å². The predicted octanol–water partition coefficient (Wildman–Crippen LogP) is 4.52. The Morgan fingerprint density at radius 2 is 1.51 bits per heavy atom. The highest BCUT2D eigenvalue weighted by Gasteiger charge is 2.29. The van der Waals surface area contributed by atoms with Crippen LogP contribution in [0.4, 0.5) is 0 Å². The number of carbonyl (C=O) groups is 2. The fourth-order valence-corrected chi connectivity index (χ4v) is 4.90. The quantitative estimate of drug-likeness (QED) is 0.577. The monoisotopic (exact) mass is 469 g/mol. The highest BCUT2D eigenvalue weighted by molar-refractivity contribution is 5.99. The van der Waals surface area contributed by atoms with Crippen LogP contribution in [-0.2, 0) is 6.54 Å². The Morgan fingerprint density at radius 1 is 0.829 bits per heavy atom. The minimum atomic E-state index is -0.485. The average molecular weight is 470 g/mol. The summed E-state index contributed by atoms with van der Waals surface area (Å²) in [6, 6.07) is 20.2. The Kier molecular flexibility index (Phi) is 6.80. The number of aromatic nitrogens is 1. The first-order chi connectivity index (χ1) is 17.1. The zero-order valence-electron chi connectivity index (χ0n) is 19.9. The van der Waals surface area contributed by atoms with Gasteiger partial charge in [-0.3, -0.25) is 14.4 Å². The summed E-state index contributed by atoms with van der Waals surface area (Å²) in [7, 11) is 0. The van der Waals surface area contributed by atoms with Crippen molar-refractivity contribution in [1.29, 1.82) is 0 Å². The van der Waals surface area contributed by atoms with Gasteiger partial charge in [-0.15, -0.1) is 0 Å². The van der Waals surface area contributed by atoms with Crippen LogP contribution in [0.25, 0.3) is 0 Å². The van der Waals surface area contributed by atoms with E-state index in [2.05, 4.69) is 29.6 Å². The lowest BCUT2D eigenvalue weighted by atomic mass is 9.92. The molecule has 2 fully saturated rings. The molecular weight excluding hydrogens is 438 g/mol. The molecule has 180 valence electrons. The predicted molar refractivity (Wildman–Crippen MR) is 136 cm³/mol. The third kappa shape index (κ3) is 5.37. The van der Waals surface area contributed by atoms with Gasteiger partial charge in [-0.25, -0.2) is 0 Å². The first-order valence-corrected chi connectivity index (χ1v) is 12.5. The van der Waals surface area contributed by atoms with E-state index in [0.29, 0.717) is 25.6 Å². The van der Waals surface area contributed by atoms with E-state index in [1.807, 2.05) is 41.0 Å². The highest BCUT2D eigenvalue weighted by Crippen LogP contribution is 2.35. The van der Waals surface area contributed by atoms with Crippen LogP contribution in [0.15, 0.2) is 77.9 Å². The molecule has 0 bridgehead atoms. The molecule has 5 rings (SSSR count). The van der Waals surface area contributed by atoms with E-state index in [9.17, 15) is 14.4 Å². The van der Waals surface area contributed by atoms with Gasteiger partial charge in [0.2, 0.25) is 5.43 Å². The van der Waals surface area contributed by atoms with Crippen molar-refractivity contribution in [1.82, 2.24) is 14.8 Å². The maximum atomic E-state index is 13.5. The van der Waals surface area contributed by atoms with E-state index >= 15 is 0 Å². The van der Waals surface area contributed by atoms with E-state index < -0.39 is 11.3 Å². The minimum absolute atomic E-state index is 0.0377. The zero-order valence-corrected chi connectivity index (χ0v) is 19.9. The number of nitrogens with zero attached hydrogens (tertiary/aromatic N) is 2. The maximum Gasteiger partial charge on any atom is 0.259 e. The second-order valence-corrected chi connectivity index (χ2v) is 9.59. The van der Waals surface area contributed by atoms with Crippen LogP contribution in [0.3, 0.4) is 0 Å².